The molecule has 0 spiro atoms. The first-order valence-corrected chi connectivity index (χ1v) is 9.24. The van der Waals surface area contributed by atoms with Gasteiger partial charge >= 0.3 is 0 Å². The van der Waals surface area contributed by atoms with Crippen LogP contribution < -0.4 is 4.74 Å². The molecule has 2 bridgehead atoms. The highest BCUT2D eigenvalue weighted by atomic mass is 16.5. The summed E-state index contributed by atoms with van der Waals surface area (Å²) < 4.78 is 11.4. The number of allylic oxidation sites excluding steroid dienone is 1. The number of hydrogen-bond donors (Lipinski definition) is 1. The van der Waals surface area contributed by atoms with Crippen molar-refractivity contribution in [1.29, 1.82) is 0 Å². The summed E-state index contributed by atoms with van der Waals surface area (Å²) in [5, 5.41) is 11.8. The van der Waals surface area contributed by atoms with Crippen molar-refractivity contribution in [3.05, 3.63) is 40.5 Å². The van der Waals surface area contributed by atoms with E-state index in [4.69, 9.17) is 9.47 Å². The van der Waals surface area contributed by atoms with Gasteiger partial charge in [-0.2, -0.15) is 0 Å². The quantitative estimate of drug-likeness (QED) is 0.821. The van der Waals surface area contributed by atoms with Crippen molar-refractivity contribution in [1.82, 2.24) is 0 Å². The summed E-state index contributed by atoms with van der Waals surface area (Å²) in [7, 11) is 3.12. The number of aliphatic hydroxyl groups is 1. The molecule has 4 atom stereocenters. The van der Waals surface area contributed by atoms with Gasteiger partial charge in [0.15, 0.2) is 0 Å². The van der Waals surface area contributed by atoms with E-state index in [1.807, 2.05) is 32.0 Å². The van der Waals surface area contributed by atoms with Gasteiger partial charge in [-0.25, -0.2) is 0 Å². The molecule has 5 nitrogen and oxygen atoms in total. The number of carbonyl (C=O) groups is 2. The molecule has 0 fully saturated rings. The van der Waals surface area contributed by atoms with E-state index in [-0.39, 0.29) is 11.7 Å². The van der Waals surface area contributed by atoms with Gasteiger partial charge in [0.25, 0.3) is 0 Å². The van der Waals surface area contributed by atoms with Crippen LogP contribution in [0.3, 0.4) is 0 Å². The smallest absolute Gasteiger partial charge is 0.146 e. The number of benzene rings is 1. The second-order valence-electron chi connectivity index (χ2n) is 8.28. The van der Waals surface area contributed by atoms with Gasteiger partial charge < -0.3 is 14.6 Å². The lowest BCUT2D eigenvalue weighted by atomic mass is 9.57. The van der Waals surface area contributed by atoms with Crippen molar-refractivity contribution >= 4 is 12.1 Å². The van der Waals surface area contributed by atoms with E-state index >= 15 is 0 Å². The first-order valence-electron chi connectivity index (χ1n) is 9.24. The highest BCUT2D eigenvalue weighted by molar-refractivity contribution is 5.87. The first kappa shape index (κ1) is 19.8. The van der Waals surface area contributed by atoms with Gasteiger partial charge in [-0.1, -0.05) is 26.0 Å². The molecule has 0 radical (unpaired) electrons. The van der Waals surface area contributed by atoms with Crippen LogP contribution in [0, 0.1) is 11.3 Å². The maximum Gasteiger partial charge on any atom is 0.146 e. The Bertz CT molecular complexity index is 822. The number of hydrogen-bond acceptors (Lipinski definition) is 5. The predicted octanol–water partition coefficient (Wildman–Crippen LogP) is 3.36. The molecule has 0 unspecified atom stereocenters. The molecule has 3 rings (SSSR count). The van der Waals surface area contributed by atoms with Crippen LogP contribution in [0.2, 0.25) is 0 Å². The summed E-state index contributed by atoms with van der Waals surface area (Å²) in [5.41, 5.74) is 0.716. The zero-order valence-corrected chi connectivity index (χ0v) is 16.8. The van der Waals surface area contributed by atoms with E-state index in [1.54, 1.807) is 28.1 Å². The number of fused-ring (bicyclic) bond motifs is 3. The molecule has 2 aliphatic carbocycles. The molecular formula is C22H28O5. The zero-order valence-electron chi connectivity index (χ0n) is 16.8. The fourth-order valence-corrected chi connectivity index (χ4v) is 5.31. The molecule has 0 aromatic heterocycles. The minimum absolute atomic E-state index is 0.0114. The third-order valence-corrected chi connectivity index (χ3v) is 6.75. The van der Waals surface area contributed by atoms with Gasteiger partial charge in [-0.05, 0) is 54.4 Å². The highest BCUT2D eigenvalue weighted by Gasteiger charge is 2.58. The van der Waals surface area contributed by atoms with E-state index in [1.165, 1.54) is 0 Å². The Kier molecular flexibility index (Phi) is 4.81. The number of ether oxygens (including phenoxy) is 2. The van der Waals surface area contributed by atoms with Crippen LogP contribution in [0.5, 0.6) is 5.75 Å². The molecule has 0 saturated heterocycles. The van der Waals surface area contributed by atoms with Crippen molar-refractivity contribution in [2.45, 2.75) is 51.7 Å². The molecule has 146 valence electrons. The van der Waals surface area contributed by atoms with Crippen LogP contribution in [0.25, 0.3) is 0 Å². The van der Waals surface area contributed by atoms with Gasteiger partial charge in [0.2, 0.25) is 0 Å². The van der Waals surface area contributed by atoms with Crippen LogP contribution in [-0.2, 0) is 14.3 Å². The normalized spacial score (nSPS) is 31.7. The standard InChI is InChI=1S/C22H28O5/c1-12-16(11-23)21(3,4)15-10-22(12,25)20(27-6)14-8-7-9-17(26-5)19(14)18(15)13(2)24/h7-9,11,15,18,20,25H,10H2,1-6H3/t15-,18-,20-,22-/m0/s1. The fraction of sp³-hybridized carbons (Fsp3) is 0.545. The lowest BCUT2D eigenvalue weighted by Crippen LogP contribution is -2.49. The lowest BCUT2D eigenvalue weighted by Gasteiger charge is -2.49. The summed E-state index contributed by atoms with van der Waals surface area (Å²) in [6.45, 7) is 7.31. The molecule has 0 heterocycles. The molecule has 1 aromatic rings. The van der Waals surface area contributed by atoms with Gasteiger partial charge in [-0.15, -0.1) is 0 Å². The zero-order chi connectivity index (χ0) is 20.1. The van der Waals surface area contributed by atoms with Gasteiger partial charge in [-0.3, -0.25) is 9.59 Å². The maximum atomic E-state index is 12.9. The van der Waals surface area contributed by atoms with Crippen LogP contribution in [0.1, 0.15) is 57.3 Å². The van der Waals surface area contributed by atoms with Crippen molar-refractivity contribution in [3.8, 4) is 5.75 Å². The number of Topliss-reactive ketones (excluding diaryl/α,β-unsaturated/α-hetero) is 1. The van der Waals surface area contributed by atoms with E-state index in [9.17, 15) is 14.7 Å². The van der Waals surface area contributed by atoms with Gasteiger partial charge in [0, 0.05) is 12.7 Å². The second kappa shape index (κ2) is 6.57. The Hall–Kier alpha value is -1.98. The number of methoxy groups -OCH3 is 2. The molecule has 0 amide bonds. The molecule has 2 aliphatic rings. The molecule has 5 heteroatoms. The van der Waals surface area contributed by atoms with Crippen LogP contribution in [0.15, 0.2) is 29.3 Å². The highest BCUT2D eigenvalue weighted by Crippen LogP contribution is 2.60. The van der Waals surface area contributed by atoms with Crippen LogP contribution >= 0.6 is 0 Å². The average molecular weight is 372 g/mol. The van der Waals surface area contributed by atoms with E-state index in [2.05, 4.69) is 0 Å². The van der Waals surface area contributed by atoms with Crippen molar-refractivity contribution in [2.75, 3.05) is 14.2 Å². The largest absolute Gasteiger partial charge is 0.496 e. The Labute approximate surface area is 160 Å². The predicted molar refractivity (Wildman–Crippen MR) is 102 cm³/mol. The van der Waals surface area contributed by atoms with E-state index in [0.717, 1.165) is 17.4 Å². The molecule has 0 aliphatic heterocycles. The SMILES string of the molecule is COc1cccc2c1[C@@H](C(C)=O)[C@@H]1C[C@](O)(C(C)=C(C=O)C1(C)C)[C@H]2OC. The van der Waals surface area contributed by atoms with Crippen molar-refractivity contribution in [2.24, 2.45) is 11.3 Å². The summed E-state index contributed by atoms with van der Waals surface area (Å²) >= 11 is 0. The maximum absolute atomic E-state index is 12.9. The van der Waals surface area contributed by atoms with Gasteiger partial charge in [0.05, 0.1) is 13.0 Å². The number of ketones is 1. The minimum atomic E-state index is -1.36. The number of aldehydes is 1. The topological polar surface area (TPSA) is 72.8 Å². The van der Waals surface area contributed by atoms with Crippen molar-refractivity contribution in [3.63, 3.8) is 0 Å². The number of carbonyl (C=O) groups excluding carboxylic acids is 2. The van der Waals surface area contributed by atoms with Crippen LogP contribution in [-0.4, -0.2) is 37.0 Å². The summed E-state index contributed by atoms with van der Waals surface area (Å²) in [5.74, 6) is -0.172. The average Bonchev–Trinajstić information content (AvgIpc) is 2.72. The molecule has 1 aromatic carbocycles. The third kappa shape index (κ3) is 2.59. The van der Waals surface area contributed by atoms with E-state index < -0.39 is 23.0 Å². The third-order valence-electron chi connectivity index (χ3n) is 6.75. The van der Waals surface area contributed by atoms with Crippen molar-refractivity contribution < 1.29 is 24.2 Å². The fourth-order valence-electron chi connectivity index (χ4n) is 5.31. The van der Waals surface area contributed by atoms with Gasteiger partial charge in [0.1, 0.15) is 29.5 Å². The first-order chi connectivity index (χ1) is 12.6. The Morgan fingerprint density at radius 3 is 2.48 bits per heavy atom. The van der Waals surface area contributed by atoms with E-state index in [0.29, 0.717) is 23.3 Å². The summed E-state index contributed by atoms with van der Waals surface area (Å²) in [6, 6.07) is 5.54. The monoisotopic (exact) mass is 372 g/mol. The summed E-state index contributed by atoms with van der Waals surface area (Å²) in [6.07, 6.45) is 0.466. The Morgan fingerprint density at radius 1 is 1.30 bits per heavy atom. The van der Waals surface area contributed by atoms with Crippen LogP contribution in [0.4, 0.5) is 0 Å². The Morgan fingerprint density at radius 2 is 1.96 bits per heavy atom. The Balaban J connectivity index is 2.46. The molecule has 0 saturated carbocycles. The number of rotatable bonds is 4. The molecule has 1 N–H and O–H groups in total. The lowest BCUT2D eigenvalue weighted by molar-refractivity contribution is -0.125. The summed E-state index contributed by atoms with van der Waals surface area (Å²) in [4.78, 5) is 24.9. The second-order valence-corrected chi connectivity index (χ2v) is 8.28. The molecule has 27 heavy (non-hydrogen) atoms. The minimum Gasteiger partial charge on any atom is -0.496 e. The molecular weight excluding hydrogens is 344 g/mol.